The van der Waals surface area contributed by atoms with Crippen molar-refractivity contribution < 1.29 is 4.74 Å². The molecule has 0 aliphatic carbocycles. The van der Waals surface area contributed by atoms with Crippen LogP contribution in [0.2, 0.25) is 0 Å². The fourth-order valence-electron chi connectivity index (χ4n) is 2.74. The van der Waals surface area contributed by atoms with Crippen LogP contribution >= 0.6 is 0 Å². The average molecular weight is 279 g/mol. The van der Waals surface area contributed by atoms with Gasteiger partial charge in [0.05, 0.1) is 0 Å². The maximum absolute atomic E-state index is 5.91. The second kappa shape index (κ2) is 6.57. The molecule has 0 saturated carbocycles. The molecule has 0 amide bonds. The molecule has 0 spiro atoms. The summed E-state index contributed by atoms with van der Waals surface area (Å²) in [6, 6.07) is 16.7. The monoisotopic (exact) mass is 279 g/mol. The summed E-state index contributed by atoms with van der Waals surface area (Å²) < 4.78 is 5.91. The van der Waals surface area contributed by atoms with Crippen LogP contribution in [0.4, 0.5) is 0 Å². The van der Waals surface area contributed by atoms with Crippen molar-refractivity contribution in [3.8, 4) is 5.75 Å². The molecule has 2 heteroatoms. The van der Waals surface area contributed by atoms with Gasteiger partial charge in [0.15, 0.2) is 0 Å². The van der Waals surface area contributed by atoms with Crippen molar-refractivity contribution >= 4 is 5.71 Å². The summed E-state index contributed by atoms with van der Waals surface area (Å²) in [6.07, 6.45) is 3.23. The predicted molar refractivity (Wildman–Crippen MR) is 87.2 cm³/mol. The molecule has 0 unspecified atom stereocenters. The topological polar surface area (TPSA) is 21.6 Å². The minimum atomic E-state index is 0.621. The van der Waals surface area contributed by atoms with E-state index in [0.29, 0.717) is 6.61 Å². The number of hydrogen-bond acceptors (Lipinski definition) is 2. The van der Waals surface area contributed by atoms with Crippen LogP contribution < -0.4 is 4.74 Å². The van der Waals surface area contributed by atoms with Crippen molar-refractivity contribution in [3.05, 3.63) is 65.2 Å². The Bertz CT molecular complexity index is 631. The number of fused-ring (bicyclic) bond motifs is 1. The highest BCUT2D eigenvalue weighted by Crippen LogP contribution is 2.24. The van der Waals surface area contributed by atoms with Crippen molar-refractivity contribution in [1.82, 2.24) is 0 Å². The van der Waals surface area contributed by atoms with Crippen LogP contribution in [-0.2, 0) is 13.0 Å². The summed E-state index contributed by atoms with van der Waals surface area (Å²) in [6.45, 7) is 3.73. The molecule has 0 atom stereocenters. The molecule has 108 valence electrons. The first-order valence-corrected chi connectivity index (χ1v) is 7.70. The quantitative estimate of drug-likeness (QED) is 0.794. The molecule has 1 heterocycles. The zero-order valence-corrected chi connectivity index (χ0v) is 12.5. The summed E-state index contributed by atoms with van der Waals surface area (Å²) in [5, 5.41) is 0. The zero-order chi connectivity index (χ0) is 14.5. The maximum Gasteiger partial charge on any atom is 0.120 e. The van der Waals surface area contributed by atoms with Crippen LogP contribution in [0.15, 0.2) is 53.5 Å². The summed E-state index contributed by atoms with van der Waals surface area (Å²) >= 11 is 0. The molecular formula is C19H21NO. The van der Waals surface area contributed by atoms with Gasteiger partial charge in [-0.15, -0.1) is 0 Å². The number of nitrogens with zero attached hydrogens (tertiary/aromatic N) is 1. The van der Waals surface area contributed by atoms with Crippen LogP contribution in [0.5, 0.6) is 5.75 Å². The van der Waals surface area contributed by atoms with Gasteiger partial charge >= 0.3 is 0 Å². The third kappa shape index (κ3) is 3.33. The van der Waals surface area contributed by atoms with Crippen LogP contribution in [0.25, 0.3) is 0 Å². The predicted octanol–water partition coefficient (Wildman–Crippen LogP) is 4.41. The summed E-state index contributed by atoms with van der Waals surface area (Å²) in [7, 11) is 0. The van der Waals surface area contributed by atoms with Crippen LogP contribution in [0, 0.1) is 0 Å². The Morgan fingerprint density at radius 1 is 1.10 bits per heavy atom. The number of ether oxygens (including phenoxy) is 1. The fraction of sp³-hybridized carbons (Fsp3) is 0.316. The average Bonchev–Trinajstić information content (AvgIpc) is 2.54. The fourth-order valence-corrected chi connectivity index (χ4v) is 2.74. The van der Waals surface area contributed by atoms with Gasteiger partial charge in [0, 0.05) is 12.3 Å². The van der Waals surface area contributed by atoms with Gasteiger partial charge in [-0.3, -0.25) is 4.99 Å². The minimum Gasteiger partial charge on any atom is -0.489 e. The number of benzene rings is 2. The first kappa shape index (κ1) is 13.9. The third-order valence-corrected chi connectivity index (χ3v) is 3.81. The van der Waals surface area contributed by atoms with Crippen molar-refractivity contribution in [2.24, 2.45) is 4.99 Å². The lowest BCUT2D eigenvalue weighted by Gasteiger charge is -2.18. The Morgan fingerprint density at radius 2 is 1.95 bits per heavy atom. The van der Waals surface area contributed by atoms with E-state index in [2.05, 4.69) is 42.2 Å². The summed E-state index contributed by atoms with van der Waals surface area (Å²) in [4.78, 5) is 4.66. The molecule has 3 rings (SSSR count). The minimum absolute atomic E-state index is 0.621. The van der Waals surface area contributed by atoms with Gasteiger partial charge in [-0.2, -0.15) is 0 Å². The Kier molecular flexibility index (Phi) is 4.34. The zero-order valence-electron chi connectivity index (χ0n) is 12.5. The van der Waals surface area contributed by atoms with Crippen molar-refractivity contribution in [3.63, 3.8) is 0 Å². The third-order valence-electron chi connectivity index (χ3n) is 3.81. The van der Waals surface area contributed by atoms with E-state index in [1.54, 1.807) is 0 Å². The largest absolute Gasteiger partial charge is 0.489 e. The molecule has 0 aromatic heterocycles. The smallest absolute Gasteiger partial charge is 0.120 e. The van der Waals surface area contributed by atoms with E-state index in [1.165, 1.54) is 22.4 Å². The molecule has 0 saturated heterocycles. The molecule has 2 aromatic carbocycles. The van der Waals surface area contributed by atoms with Crippen molar-refractivity contribution in [2.75, 3.05) is 6.54 Å². The van der Waals surface area contributed by atoms with E-state index in [-0.39, 0.29) is 0 Å². The normalized spacial score (nSPS) is 13.5. The maximum atomic E-state index is 5.91. The Labute approximate surface area is 126 Å². The lowest BCUT2D eigenvalue weighted by Crippen LogP contribution is -2.12. The van der Waals surface area contributed by atoms with Crippen molar-refractivity contribution in [1.29, 1.82) is 0 Å². The van der Waals surface area contributed by atoms with Gasteiger partial charge in [0.25, 0.3) is 0 Å². The van der Waals surface area contributed by atoms with E-state index in [0.717, 1.165) is 31.6 Å². The highest BCUT2D eigenvalue weighted by Gasteiger charge is 2.14. The molecule has 0 N–H and O–H groups in total. The highest BCUT2D eigenvalue weighted by atomic mass is 16.5. The van der Waals surface area contributed by atoms with E-state index < -0.39 is 0 Å². The molecule has 0 radical (unpaired) electrons. The van der Waals surface area contributed by atoms with Gasteiger partial charge in [-0.25, -0.2) is 0 Å². The lowest BCUT2D eigenvalue weighted by molar-refractivity contribution is 0.306. The Balaban J connectivity index is 1.73. The number of rotatable bonds is 5. The number of hydrogen-bond donors (Lipinski definition) is 0. The van der Waals surface area contributed by atoms with E-state index in [9.17, 15) is 0 Å². The van der Waals surface area contributed by atoms with Crippen LogP contribution in [-0.4, -0.2) is 12.3 Å². The lowest BCUT2D eigenvalue weighted by atomic mass is 9.95. The Morgan fingerprint density at radius 3 is 2.76 bits per heavy atom. The molecule has 2 aromatic rings. The SMILES string of the molecule is CCCC1=NCCc2cc(OCc3ccccc3)ccc21. The van der Waals surface area contributed by atoms with Gasteiger partial charge in [0.1, 0.15) is 12.4 Å². The number of aliphatic imine (C=N–C) groups is 1. The molecule has 2 nitrogen and oxygen atoms in total. The first-order valence-electron chi connectivity index (χ1n) is 7.70. The molecule has 1 aliphatic rings. The molecule has 21 heavy (non-hydrogen) atoms. The standard InChI is InChI=1S/C19H21NO/c1-2-6-19-18-10-9-17(13-16(18)11-12-20-19)21-14-15-7-4-3-5-8-15/h3-5,7-10,13H,2,6,11-12,14H2,1H3. The van der Waals surface area contributed by atoms with Crippen molar-refractivity contribution in [2.45, 2.75) is 32.8 Å². The second-order valence-electron chi connectivity index (χ2n) is 5.42. The van der Waals surface area contributed by atoms with E-state index >= 15 is 0 Å². The highest BCUT2D eigenvalue weighted by molar-refractivity contribution is 6.02. The Hall–Kier alpha value is -2.09. The van der Waals surface area contributed by atoms with E-state index in [4.69, 9.17) is 4.74 Å². The summed E-state index contributed by atoms with van der Waals surface area (Å²) in [5.41, 5.74) is 5.14. The molecule has 0 bridgehead atoms. The van der Waals surface area contributed by atoms with Crippen LogP contribution in [0.1, 0.15) is 36.5 Å². The summed E-state index contributed by atoms with van der Waals surface area (Å²) in [5.74, 6) is 0.954. The van der Waals surface area contributed by atoms with Gasteiger partial charge in [-0.1, -0.05) is 43.7 Å². The van der Waals surface area contributed by atoms with Gasteiger partial charge in [0.2, 0.25) is 0 Å². The molecule has 1 aliphatic heterocycles. The first-order chi connectivity index (χ1) is 10.4. The van der Waals surface area contributed by atoms with E-state index in [1.807, 2.05) is 18.2 Å². The molecule has 0 fully saturated rings. The molecular weight excluding hydrogens is 258 g/mol. The van der Waals surface area contributed by atoms with Crippen LogP contribution in [0.3, 0.4) is 0 Å². The van der Waals surface area contributed by atoms with Gasteiger partial charge < -0.3 is 4.74 Å². The second-order valence-corrected chi connectivity index (χ2v) is 5.42. The van der Waals surface area contributed by atoms with Gasteiger partial charge in [-0.05, 0) is 47.7 Å².